The minimum absolute atomic E-state index is 0.392. The molecule has 0 bridgehead atoms. The Morgan fingerprint density at radius 2 is 2.17 bits per heavy atom. The number of rotatable bonds is 5. The Labute approximate surface area is 146 Å². The second-order valence-electron chi connectivity index (χ2n) is 5.38. The average molecular weight is 342 g/mol. The van der Waals surface area contributed by atoms with Crippen LogP contribution in [0.2, 0.25) is 5.02 Å². The Morgan fingerprint density at radius 1 is 1.46 bits per heavy atom. The number of hydrogen-bond donors (Lipinski definition) is 0. The summed E-state index contributed by atoms with van der Waals surface area (Å²) >= 11 is 6.13. The van der Waals surface area contributed by atoms with Gasteiger partial charge in [0.2, 0.25) is 0 Å². The molecule has 0 aliphatic rings. The molecule has 1 aromatic carbocycles. The van der Waals surface area contributed by atoms with Crippen LogP contribution in [0.4, 0.5) is 4.39 Å². The Morgan fingerprint density at radius 3 is 2.71 bits per heavy atom. The van der Waals surface area contributed by atoms with Gasteiger partial charge in [-0.2, -0.15) is 10.4 Å². The molecule has 0 fully saturated rings. The van der Waals surface area contributed by atoms with E-state index in [1.54, 1.807) is 22.9 Å². The van der Waals surface area contributed by atoms with E-state index >= 15 is 0 Å². The summed E-state index contributed by atoms with van der Waals surface area (Å²) in [7, 11) is 0. The standard InChI is InChI=1S/C19H17ClFN3/c1-5-15(8-12(2)21)11-24-14(4)19(13(3)23-24)16-6-7-17(10-22)18(20)9-16/h5-9H,1-2,11H2,3-4H3/b15-8+. The van der Waals surface area contributed by atoms with Crippen molar-refractivity contribution in [3.63, 3.8) is 0 Å². The summed E-state index contributed by atoms with van der Waals surface area (Å²) in [6, 6.07) is 7.34. The van der Waals surface area contributed by atoms with Gasteiger partial charge in [-0.05, 0) is 43.2 Å². The molecular formula is C19H17ClFN3. The number of halogens is 2. The molecule has 1 heterocycles. The lowest BCUT2D eigenvalue weighted by Crippen LogP contribution is -2.04. The summed E-state index contributed by atoms with van der Waals surface area (Å²) in [5.41, 5.74) is 4.70. The maximum absolute atomic E-state index is 13.0. The van der Waals surface area contributed by atoms with Crippen molar-refractivity contribution in [2.45, 2.75) is 20.4 Å². The van der Waals surface area contributed by atoms with Crippen LogP contribution in [0.1, 0.15) is 17.0 Å². The van der Waals surface area contributed by atoms with Crippen molar-refractivity contribution in [2.75, 3.05) is 0 Å². The molecule has 5 heteroatoms. The lowest BCUT2D eigenvalue weighted by molar-refractivity contribution is 0.644. The van der Waals surface area contributed by atoms with Crippen LogP contribution < -0.4 is 0 Å². The highest BCUT2D eigenvalue weighted by atomic mass is 35.5. The van der Waals surface area contributed by atoms with Crippen LogP contribution in [0.5, 0.6) is 0 Å². The first-order chi connectivity index (χ1) is 11.4. The van der Waals surface area contributed by atoms with E-state index in [2.05, 4.69) is 18.3 Å². The molecule has 122 valence electrons. The zero-order chi connectivity index (χ0) is 17.9. The first-order valence-electron chi connectivity index (χ1n) is 7.28. The Balaban J connectivity index is 2.46. The molecule has 0 aliphatic heterocycles. The van der Waals surface area contributed by atoms with Crippen molar-refractivity contribution in [1.82, 2.24) is 9.78 Å². The molecular weight excluding hydrogens is 325 g/mol. The monoisotopic (exact) mass is 341 g/mol. The van der Waals surface area contributed by atoms with Gasteiger partial charge in [0.05, 0.1) is 22.8 Å². The fraction of sp³-hybridized carbons (Fsp3) is 0.158. The zero-order valence-electron chi connectivity index (χ0n) is 13.6. The molecule has 24 heavy (non-hydrogen) atoms. The fourth-order valence-electron chi connectivity index (χ4n) is 2.57. The first-order valence-corrected chi connectivity index (χ1v) is 7.66. The molecule has 1 aromatic heterocycles. The highest BCUT2D eigenvalue weighted by Gasteiger charge is 2.15. The number of nitrogens with zero attached hydrogens (tertiary/aromatic N) is 3. The lowest BCUT2D eigenvalue weighted by Gasteiger charge is -2.07. The molecule has 0 atom stereocenters. The van der Waals surface area contributed by atoms with Gasteiger partial charge in [-0.15, -0.1) is 0 Å². The van der Waals surface area contributed by atoms with Crippen LogP contribution >= 0.6 is 11.6 Å². The quantitative estimate of drug-likeness (QED) is 0.693. The van der Waals surface area contributed by atoms with Crippen molar-refractivity contribution >= 4 is 11.6 Å². The molecule has 0 saturated heterocycles. The summed E-state index contributed by atoms with van der Waals surface area (Å²) in [5.74, 6) is -0.523. The number of allylic oxidation sites excluding steroid dienone is 4. The largest absolute Gasteiger partial charge is 0.265 e. The van der Waals surface area contributed by atoms with Gasteiger partial charge in [-0.3, -0.25) is 4.68 Å². The summed E-state index contributed by atoms with van der Waals surface area (Å²) in [6.45, 7) is 11.2. The topological polar surface area (TPSA) is 41.6 Å². The number of aromatic nitrogens is 2. The van der Waals surface area contributed by atoms with Crippen LogP contribution in [0.15, 0.2) is 54.9 Å². The molecule has 0 N–H and O–H groups in total. The predicted molar refractivity (Wildman–Crippen MR) is 95.4 cm³/mol. The number of benzene rings is 1. The summed E-state index contributed by atoms with van der Waals surface area (Å²) in [4.78, 5) is 0. The third-order valence-electron chi connectivity index (χ3n) is 3.70. The second kappa shape index (κ2) is 7.29. The Kier molecular flexibility index (Phi) is 5.38. The SMILES string of the molecule is C=C/C(=C\C(=C)F)Cn1nc(C)c(-c2ccc(C#N)c(Cl)c2)c1C. The third kappa shape index (κ3) is 3.64. The molecule has 2 rings (SSSR count). The third-order valence-corrected chi connectivity index (χ3v) is 4.01. The summed E-state index contributed by atoms with van der Waals surface area (Å²) in [5, 5.41) is 13.9. The van der Waals surface area contributed by atoms with E-state index in [0.29, 0.717) is 22.7 Å². The predicted octanol–water partition coefficient (Wildman–Crippen LogP) is 5.29. The van der Waals surface area contributed by atoms with Gasteiger partial charge in [0.1, 0.15) is 11.9 Å². The van der Waals surface area contributed by atoms with Gasteiger partial charge in [0.15, 0.2) is 0 Å². The molecule has 0 spiro atoms. The van der Waals surface area contributed by atoms with E-state index in [-0.39, 0.29) is 0 Å². The van der Waals surface area contributed by atoms with Crippen molar-refractivity contribution in [3.05, 3.63) is 76.9 Å². The normalized spacial score (nSPS) is 11.2. The highest BCUT2D eigenvalue weighted by Crippen LogP contribution is 2.30. The molecule has 3 nitrogen and oxygen atoms in total. The number of hydrogen-bond acceptors (Lipinski definition) is 2. The van der Waals surface area contributed by atoms with Gasteiger partial charge in [-0.1, -0.05) is 36.9 Å². The van der Waals surface area contributed by atoms with E-state index in [4.69, 9.17) is 16.9 Å². The van der Waals surface area contributed by atoms with E-state index < -0.39 is 5.83 Å². The molecule has 0 aliphatic carbocycles. The second-order valence-corrected chi connectivity index (χ2v) is 5.79. The summed E-state index contributed by atoms with van der Waals surface area (Å²) in [6.07, 6.45) is 2.92. The fourth-order valence-corrected chi connectivity index (χ4v) is 2.80. The maximum atomic E-state index is 13.0. The molecule has 0 amide bonds. The highest BCUT2D eigenvalue weighted by molar-refractivity contribution is 6.32. The Hall–Kier alpha value is -2.64. The maximum Gasteiger partial charge on any atom is 0.116 e. The van der Waals surface area contributed by atoms with Gasteiger partial charge >= 0.3 is 0 Å². The Bertz CT molecular complexity index is 885. The van der Waals surface area contributed by atoms with E-state index in [1.165, 1.54) is 6.08 Å². The molecule has 2 aromatic rings. The number of aryl methyl sites for hydroxylation is 1. The zero-order valence-corrected chi connectivity index (χ0v) is 14.4. The van der Waals surface area contributed by atoms with Gasteiger partial charge in [-0.25, -0.2) is 4.39 Å². The van der Waals surface area contributed by atoms with Gasteiger partial charge in [0.25, 0.3) is 0 Å². The minimum atomic E-state index is -0.523. The van der Waals surface area contributed by atoms with Crippen molar-refractivity contribution in [2.24, 2.45) is 0 Å². The van der Waals surface area contributed by atoms with Crippen molar-refractivity contribution < 1.29 is 4.39 Å². The number of nitriles is 1. The first kappa shape index (κ1) is 17.7. The van der Waals surface area contributed by atoms with Crippen LogP contribution in [-0.4, -0.2) is 9.78 Å². The van der Waals surface area contributed by atoms with Crippen LogP contribution in [0.25, 0.3) is 11.1 Å². The average Bonchev–Trinajstić information content (AvgIpc) is 2.80. The van der Waals surface area contributed by atoms with Gasteiger partial charge in [0, 0.05) is 11.3 Å². The molecule has 0 saturated carbocycles. The van der Waals surface area contributed by atoms with Crippen LogP contribution in [0, 0.1) is 25.2 Å². The smallest absolute Gasteiger partial charge is 0.116 e. The van der Waals surface area contributed by atoms with Gasteiger partial charge < -0.3 is 0 Å². The van der Waals surface area contributed by atoms with E-state index in [1.807, 2.05) is 26.0 Å². The molecule has 0 unspecified atom stereocenters. The lowest BCUT2D eigenvalue weighted by atomic mass is 10.0. The van der Waals surface area contributed by atoms with Crippen LogP contribution in [0.3, 0.4) is 0 Å². The summed E-state index contributed by atoms with van der Waals surface area (Å²) < 4.78 is 14.8. The van der Waals surface area contributed by atoms with Crippen molar-refractivity contribution in [1.29, 1.82) is 5.26 Å². The van der Waals surface area contributed by atoms with Crippen LogP contribution in [-0.2, 0) is 6.54 Å². The van der Waals surface area contributed by atoms with E-state index in [9.17, 15) is 4.39 Å². The van der Waals surface area contributed by atoms with E-state index in [0.717, 1.165) is 22.5 Å². The minimum Gasteiger partial charge on any atom is -0.265 e. The van der Waals surface area contributed by atoms with Crippen molar-refractivity contribution in [3.8, 4) is 17.2 Å². The molecule has 0 radical (unpaired) electrons.